The lowest BCUT2D eigenvalue weighted by atomic mass is 10.1. The third-order valence-corrected chi connectivity index (χ3v) is 4.27. The molecule has 0 saturated carbocycles. The van der Waals surface area contributed by atoms with Crippen molar-refractivity contribution in [2.45, 2.75) is 18.2 Å². The van der Waals surface area contributed by atoms with Crippen LogP contribution in [0.5, 0.6) is 0 Å². The van der Waals surface area contributed by atoms with Gasteiger partial charge in [-0.3, -0.25) is 4.79 Å². The molecule has 0 atom stereocenters. The van der Waals surface area contributed by atoms with Crippen molar-refractivity contribution in [2.24, 2.45) is 0 Å². The highest BCUT2D eigenvalue weighted by atomic mass is 79.9. The largest absolute Gasteiger partial charge is 0.298 e. The van der Waals surface area contributed by atoms with E-state index >= 15 is 0 Å². The zero-order valence-electron chi connectivity index (χ0n) is 11.0. The molecule has 0 saturated heterocycles. The van der Waals surface area contributed by atoms with Gasteiger partial charge in [0, 0.05) is 15.8 Å². The van der Waals surface area contributed by atoms with Crippen LogP contribution in [0.1, 0.15) is 11.1 Å². The number of rotatable bonds is 5. The monoisotopic (exact) mass is 352 g/mol. The first-order chi connectivity index (χ1) is 9.52. The van der Waals surface area contributed by atoms with Gasteiger partial charge < -0.3 is 0 Å². The number of benzene rings is 2. The summed E-state index contributed by atoms with van der Waals surface area (Å²) < 4.78 is 13.9. The maximum absolute atomic E-state index is 13.2. The SMILES string of the molecule is Cc1ccc(SCC(=O)Cc2cc(F)cc(Br)c2)cc1. The van der Waals surface area contributed by atoms with Gasteiger partial charge >= 0.3 is 0 Å². The van der Waals surface area contributed by atoms with Crippen LogP contribution in [-0.2, 0) is 11.2 Å². The lowest BCUT2D eigenvalue weighted by Gasteiger charge is -2.04. The van der Waals surface area contributed by atoms with Gasteiger partial charge in [0.25, 0.3) is 0 Å². The number of aryl methyl sites for hydroxylation is 1. The smallest absolute Gasteiger partial charge is 0.147 e. The van der Waals surface area contributed by atoms with Crippen molar-refractivity contribution in [1.29, 1.82) is 0 Å². The van der Waals surface area contributed by atoms with Gasteiger partial charge in [0.05, 0.1) is 5.75 Å². The molecule has 2 aromatic rings. The molecule has 2 aromatic carbocycles. The normalized spacial score (nSPS) is 10.6. The Bertz CT molecular complexity index is 590. The van der Waals surface area contributed by atoms with Crippen LogP contribution in [-0.4, -0.2) is 11.5 Å². The Balaban J connectivity index is 1.90. The van der Waals surface area contributed by atoms with Gasteiger partial charge in [0.15, 0.2) is 0 Å². The van der Waals surface area contributed by atoms with Gasteiger partial charge in [-0.1, -0.05) is 33.6 Å². The molecule has 4 heteroatoms. The second-order valence-corrected chi connectivity index (χ2v) is 6.56. The Kier molecular flexibility index (Phi) is 5.38. The van der Waals surface area contributed by atoms with Gasteiger partial charge in [-0.05, 0) is 42.8 Å². The van der Waals surface area contributed by atoms with Crippen LogP contribution in [0.4, 0.5) is 4.39 Å². The number of thioether (sulfide) groups is 1. The third kappa shape index (κ3) is 4.76. The fourth-order valence-corrected chi connectivity index (χ4v) is 3.06. The molecule has 0 bridgehead atoms. The molecule has 0 heterocycles. The molecule has 0 fully saturated rings. The van der Waals surface area contributed by atoms with Crippen LogP contribution < -0.4 is 0 Å². The molecule has 0 aromatic heterocycles. The fourth-order valence-electron chi connectivity index (χ4n) is 1.79. The quantitative estimate of drug-likeness (QED) is 0.719. The van der Waals surface area contributed by atoms with Crippen molar-refractivity contribution in [3.8, 4) is 0 Å². The number of halogens is 2. The van der Waals surface area contributed by atoms with Crippen LogP contribution in [0.2, 0.25) is 0 Å². The summed E-state index contributed by atoms with van der Waals surface area (Å²) in [5.74, 6) is 0.165. The summed E-state index contributed by atoms with van der Waals surface area (Å²) in [7, 11) is 0. The molecule has 0 radical (unpaired) electrons. The molecule has 0 N–H and O–H groups in total. The minimum absolute atomic E-state index is 0.0908. The lowest BCUT2D eigenvalue weighted by Crippen LogP contribution is -2.06. The third-order valence-electron chi connectivity index (χ3n) is 2.74. The summed E-state index contributed by atoms with van der Waals surface area (Å²) >= 11 is 4.74. The van der Waals surface area contributed by atoms with Crippen molar-refractivity contribution in [2.75, 3.05) is 5.75 Å². The van der Waals surface area contributed by atoms with Crippen LogP contribution in [0, 0.1) is 12.7 Å². The molecule has 0 spiro atoms. The van der Waals surface area contributed by atoms with Gasteiger partial charge in [0.2, 0.25) is 0 Å². The van der Waals surface area contributed by atoms with E-state index in [0.29, 0.717) is 15.8 Å². The Morgan fingerprint density at radius 3 is 2.55 bits per heavy atom. The second kappa shape index (κ2) is 7.04. The molecule has 0 amide bonds. The number of carbonyl (C=O) groups excluding carboxylic acids is 1. The van der Waals surface area contributed by atoms with E-state index in [2.05, 4.69) is 15.9 Å². The summed E-state index contributed by atoms with van der Waals surface area (Å²) in [6, 6.07) is 12.6. The van der Waals surface area contributed by atoms with E-state index in [1.54, 1.807) is 6.07 Å². The van der Waals surface area contributed by atoms with E-state index in [0.717, 1.165) is 4.90 Å². The average Bonchev–Trinajstić information content (AvgIpc) is 2.37. The molecule has 1 nitrogen and oxygen atoms in total. The van der Waals surface area contributed by atoms with Crippen molar-refractivity contribution in [1.82, 2.24) is 0 Å². The standard InChI is InChI=1S/C16H14BrFOS/c1-11-2-4-16(5-3-11)20-10-15(19)8-12-6-13(17)9-14(18)7-12/h2-7,9H,8,10H2,1H3. The van der Waals surface area contributed by atoms with Crippen molar-refractivity contribution >= 4 is 33.5 Å². The van der Waals surface area contributed by atoms with E-state index in [-0.39, 0.29) is 18.0 Å². The first-order valence-corrected chi connectivity index (χ1v) is 7.97. The molecule has 20 heavy (non-hydrogen) atoms. The molecular formula is C16H14BrFOS. The zero-order chi connectivity index (χ0) is 14.5. The van der Waals surface area contributed by atoms with E-state index in [4.69, 9.17) is 0 Å². The van der Waals surface area contributed by atoms with Crippen molar-refractivity contribution < 1.29 is 9.18 Å². The summed E-state index contributed by atoms with van der Waals surface area (Å²) in [6.45, 7) is 2.03. The minimum Gasteiger partial charge on any atom is -0.298 e. The van der Waals surface area contributed by atoms with Crippen LogP contribution >= 0.6 is 27.7 Å². The Labute approximate surface area is 130 Å². The zero-order valence-corrected chi connectivity index (χ0v) is 13.4. The average molecular weight is 353 g/mol. The summed E-state index contributed by atoms with van der Waals surface area (Å²) in [4.78, 5) is 13.0. The van der Waals surface area contributed by atoms with Crippen LogP contribution in [0.25, 0.3) is 0 Å². The van der Waals surface area contributed by atoms with Gasteiger partial charge in [0.1, 0.15) is 11.6 Å². The number of Topliss-reactive ketones (excluding diaryl/α,β-unsaturated/α-hetero) is 1. The molecular weight excluding hydrogens is 339 g/mol. The number of hydrogen-bond donors (Lipinski definition) is 0. The number of hydrogen-bond acceptors (Lipinski definition) is 2. The maximum Gasteiger partial charge on any atom is 0.147 e. The van der Waals surface area contributed by atoms with Gasteiger partial charge in [-0.2, -0.15) is 0 Å². The number of carbonyl (C=O) groups is 1. The summed E-state index contributed by atoms with van der Waals surface area (Å²) in [6.07, 6.45) is 0.259. The topological polar surface area (TPSA) is 17.1 Å². The Hall–Kier alpha value is -1.13. The number of ketones is 1. The highest BCUT2D eigenvalue weighted by molar-refractivity contribution is 9.10. The molecule has 0 unspecified atom stereocenters. The molecule has 2 rings (SSSR count). The highest BCUT2D eigenvalue weighted by Gasteiger charge is 2.07. The fraction of sp³-hybridized carbons (Fsp3) is 0.188. The van der Waals surface area contributed by atoms with Crippen LogP contribution in [0.3, 0.4) is 0 Å². The Morgan fingerprint density at radius 2 is 1.90 bits per heavy atom. The molecule has 0 aliphatic rings. The first kappa shape index (κ1) is 15.3. The maximum atomic E-state index is 13.2. The summed E-state index contributed by atoms with van der Waals surface area (Å²) in [5, 5.41) is 0. The first-order valence-electron chi connectivity index (χ1n) is 6.19. The van der Waals surface area contributed by atoms with E-state index in [1.807, 2.05) is 31.2 Å². The highest BCUT2D eigenvalue weighted by Crippen LogP contribution is 2.20. The van der Waals surface area contributed by atoms with Crippen molar-refractivity contribution in [3.05, 3.63) is 63.9 Å². The predicted molar refractivity (Wildman–Crippen MR) is 84.7 cm³/mol. The lowest BCUT2D eigenvalue weighted by molar-refractivity contribution is -0.116. The summed E-state index contributed by atoms with van der Waals surface area (Å²) in [5.41, 5.74) is 1.90. The van der Waals surface area contributed by atoms with E-state index < -0.39 is 0 Å². The van der Waals surface area contributed by atoms with Crippen LogP contribution in [0.15, 0.2) is 51.8 Å². The minimum atomic E-state index is -0.326. The Morgan fingerprint density at radius 1 is 1.20 bits per heavy atom. The molecule has 104 valence electrons. The van der Waals surface area contributed by atoms with Gasteiger partial charge in [-0.15, -0.1) is 11.8 Å². The predicted octanol–water partition coefficient (Wildman–Crippen LogP) is 4.80. The second-order valence-electron chi connectivity index (χ2n) is 4.59. The van der Waals surface area contributed by atoms with Crippen molar-refractivity contribution in [3.63, 3.8) is 0 Å². The molecule has 0 aliphatic carbocycles. The van der Waals surface area contributed by atoms with E-state index in [9.17, 15) is 9.18 Å². The van der Waals surface area contributed by atoms with Gasteiger partial charge in [-0.25, -0.2) is 4.39 Å². The van der Waals surface area contributed by atoms with E-state index in [1.165, 1.54) is 29.5 Å². The molecule has 0 aliphatic heterocycles.